The van der Waals surface area contributed by atoms with Crippen LogP contribution in [0.1, 0.15) is 32.3 Å². The molecule has 3 nitrogen and oxygen atoms in total. The second kappa shape index (κ2) is 6.38. The predicted octanol–water partition coefficient (Wildman–Crippen LogP) is 2.80. The Kier molecular flexibility index (Phi) is 5.43. The van der Waals surface area contributed by atoms with Crippen LogP contribution in [0.5, 0.6) is 5.75 Å². The van der Waals surface area contributed by atoms with Gasteiger partial charge < -0.3 is 15.5 Å². The maximum atomic E-state index is 9.44. The van der Waals surface area contributed by atoms with Gasteiger partial charge in [0.15, 0.2) is 0 Å². The minimum Gasteiger partial charge on any atom is -0.507 e. The average Bonchev–Trinajstić information content (AvgIpc) is 2.36. The molecular formula is C13H20BrNO2. The molecule has 17 heavy (non-hydrogen) atoms. The second-order valence-corrected chi connectivity index (χ2v) is 5.14. The van der Waals surface area contributed by atoms with Crippen molar-refractivity contribution in [1.29, 1.82) is 0 Å². The van der Waals surface area contributed by atoms with E-state index in [-0.39, 0.29) is 17.9 Å². The van der Waals surface area contributed by atoms with Crippen LogP contribution in [0.15, 0.2) is 22.7 Å². The van der Waals surface area contributed by atoms with E-state index in [4.69, 9.17) is 0 Å². The van der Waals surface area contributed by atoms with Gasteiger partial charge in [-0.05, 0) is 46.5 Å². The van der Waals surface area contributed by atoms with Gasteiger partial charge in [0.25, 0.3) is 0 Å². The van der Waals surface area contributed by atoms with Gasteiger partial charge in [0.05, 0.1) is 11.1 Å². The fraction of sp³-hybridized carbons (Fsp3) is 0.538. The van der Waals surface area contributed by atoms with Crippen molar-refractivity contribution in [3.8, 4) is 5.75 Å². The zero-order valence-corrected chi connectivity index (χ0v) is 11.9. The van der Waals surface area contributed by atoms with E-state index in [0.717, 1.165) is 18.4 Å². The number of phenolic OH excluding ortho intramolecular Hbond substituents is 1. The van der Waals surface area contributed by atoms with Gasteiger partial charge in [-0.2, -0.15) is 0 Å². The molecule has 0 spiro atoms. The van der Waals surface area contributed by atoms with Crippen molar-refractivity contribution in [2.24, 2.45) is 0 Å². The molecule has 1 aromatic carbocycles. The fourth-order valence-corrected chi connectivity index (χ4v) is 2.16. The van der Waals surface area contributed by atoms with E-state index in [1.165, 1.54) is 0 Å². The highest BCUT2D eigenvalue weighted by Gasteiger charge is 2.23. The van der Waals surface area contributed by atoms with E-state index >= 15 is 0 Å². The van der Waals surface area contributed by atoms with Crippen LogP contribution in [-0.2, 0) is 6.54 Å². The smallest absolute Gasteiger partial charge is 0.129 e. The molecule has 0 fully saturated rings. The largest absolute Gasteiger partial charge is 0.507 e. The predicted molar refractivity (Wildman–Crippen MR) is 73.0 cm³/mol. The van der Waals surface area contributed by atoms with E-state index in [2.05, 4.69) is 35.1 Å². The third kappa shape index (κ3) is 3.69. The highest BCUT2D eigenvalue weighted by Crippen LogP contribution is 2.24. The first-order chi connectivity index (χ1) is 8.06. The molecule has 1 aromatic rings. The molecule has 0 aliphatic rings. The number of halogens is 1. The Morgan fingerprint density at radius 1 is 1.29 bits per heavy atom. The van der Waals surface area contributed by atoms with Gasteiger partial charge in [-0.1, -0.05) is 19.9 Å². The van der Waals surface area contributed by atoms with Crippen molar-refractivity contribution in [2.75, 3.05) is 6.61 Å². The third-order valence-electron chi connectivity index (χ3n) is 3.34. The van der Waals surface area contributed by atoms with E-state index in [0.29, 0.717) is 11.0 Å². The summed E-state index contributed by atoms with van der Waals surface area (Å²) in [5.41, 5.74) is 0.874. The fourth-order valence-electron chi connectivity index (χ4n) is 1.73. The lowest BCUT2D eigenvalue weighted by atomic mass is 9.93. The summed E-state index contributed by atoms with van der Waals surface area (Å²) in [4.78, 5) is 0. The standard InChI is InChI=1S/C13H20BrNO2/c1-3-13(4-2,9-16)15-8-10-5-6-12(17)11(14)7-10/h5-7,15-17H,3-4,8-9H2,1-2H3. The van der Waals surface area contributed by atoms with E-state index in [1.54, 1.807) is 6.07 Å². The molecule has 0 saturated carbocycles. The highest BCUT2D eigenvalue weighted by molar-refractivity contribution is 9.10. The Hall–Kier alpha value is -0.580. The van der Waals surface area contributed by atoms with Crippen LogP contribution in [0.3, 0.4) is 0 Å². The molecule has 0 unspecified atom stereocenters. The Balaban J connectivity index is 2.68. The molecule has 0 aliphatic carbocycles. The van der Waals surface area contributed by atoms with Crippen LogP contribution in [-0.4, -0.2) is 22.4 Å². The van der Waals surface area contributed by atoms with Gasteiger partial charge in [-0.15, -0.1) is 0 Å². The number of aliphatic hydroxyl groups is 1. The first kappa shape index (κ1) is 14.5. The number of hydrogen-bond acceptors (Lipinski definition) is 3. The number of hydrogen-bond donors (Lipinski definition) is 3. The number of nitrogens with one attached hydrogen (secondary N) is 1. The quantitative estimate of drug-likeness (QED) is 0.757. The zero-order valence-electron chi connectivity index (χ0n) is 10.3. The van der Waals surface area contributed by atoms with Crippen molar-refractivity contribution < 1.29 is 10.2 Å². The lowest BCUT2D eigenvalue weighted by molar-refractivity contribution is 0.149. The Bertz CT molecular complexity index is 356. The SMILES string of the molecule is CCC(CC)(CO)NCc1ccc(O)c(Br)c1. The minimum atomic E-state index is -0.204. The summed E-state index contributed by atoms with van der Waals surface area (Å²) in [5, 5.41) is 22.2. The number of rotatable bonds is 6. The molecule has 0 radical (unpaired) electrons. The summed E-state index contributed by atoms with van der Waals surface area (Å²) in [6.45, 7) is 4.96. The molecule has 0 aromatic heterocycles. The first-order valence-electron chi connectivity index (χ1n) is 5.90. The Labute approximate surface area is 111 Å². The van der Waals surface area contributed by atoms with Crippen LogP contribution in [0.2, 0.25) is 0 Å². The number of aliphatic hydroxyl groups excluding tert-OH is 1. The van der Waals surface area contributed by atoms with Gasteiger partial charge in [-0.25, -0.2) is 0 Å². The highest BCUT2D eigenvalue weighted by atomic mass is 79.9. The zero-order chi connectivity index (χ0) is 12.9. The van der Waals surface area contributed by atoms with Gasteiger partial charge in [0.2, 0.25) is 0 Å². The summed E-state index contributed by atoms with van der Waals surface area (Å²) in [7, 11) is 0. The third-order valence-corrected chi connectivity index (χ3v) is 3.97. The number of benzene rings is 1. The molecular weight excluding hydrogens is 282 g/mol. The molecule has 0 atom stereocenters. The lowest BCUT2D eigenvalue weighted by Gasteiger charge is -2.31. The summed E-state index contributed by atoms with van der Waals surface area (Å²) in [6, 6.07) is 5.43. The normalized spacial score (nSPS) is 11.8. The summed E-state index contributed by atoms with van der Waals surface area (Å²) in [6.07, 6.45) is 1.78. The molecule has 0 aliphatic heterocycles. The summed E-state index contributed by atoms with van der Waals surface area (Å²) in [5.74, 6) is 0.244. The Morgan fingerprint density at radius 3 is 2.41 bits per heavy atom. The van der Waals surface area contributed by atoms with Gasteiger partial charge in [-0.3, -0.25) is 0 Å². The molecule has 0 saturated heterocycles. The molecule has 1 rings (SSSR count). The molecule has 4 heteroatoms. The van der Waals surface area contributed by atoms with Gasteiger partial charge >= 0.3 is 0 Å². The molecule has 0 amide bonds. The van der Waals surface area contributed by atoms with Crippen LogP contribution in [0, 0.1) is 0 Å². The number of aromatic hydroxyl groups is 1. The van der Waals surface area contributed by atoms with Gasteiger partial charge in [0.1, 0.15) is 5.75 Å². The monoisotopic (exact) mass is 301 g/mol. The van der Waals surface area contributed by atoms with Crippen LogP contribution in [0.4, 0.5) is 0 Å². The maximum absolute atomic E-state index is 9.44. The van der Waals surface area contributed by atoms with Crippen molar-refractivity contribution >= 4 is 15.9 Å². The van der Waals surface area contributed by atoms with E-state index in [1.807, 2.05) is 12.1 Å². The molecule has 0 heterocycles. The topological polar surface area (TPSA) is 52.5 Å². The molecule has 96 valence electrons. The maximum Gasteiger partial charge on any atom is 0.129 e. The van der Waals surface area contributed by atoms with Crippen molar-refractivity contribution in [3.63, 3.8) is 0 Å². The second-order valence-electron chi connectivity index (χ2n) is 4.28. The average molecular weight is 302 g/mol. The van der Waals surface area contributed by atoms with E-state index < -0.39 is 0 Å². The minimum absolute atomic E-state index is 0.138. The summed E-state index contributed by atoms with van der Waals surface area (Å²) >= 11 is 3.29. The van der Waals surface area contributed by atoms with E-state index in [9.17, 15) is 10.2 Å². The summed E-state index contributed by atoms with van der Waals surface area (Å²) < 4.78 is 0.694. The molecule has 3 N–H and O–H groups in total. The number of phenols is 1. The Morgan fingerprint density at radius 2 is 1.94 bits per heavy atom. The molecule has 0 bridgehead atoms. The van der Waals surface area contributed by atoms with Crippen molar-refractivity contribution in [3.05, 3.63) is 28.2 Å². The van der Waals surface area contributed by atoms with Crippen LogP contribution >= 0.6 is 15.9 Å². The van der Waals surface area contributed by atoms with Crippen molar-refractivity contribution in [1.82, 2.24) is 5.32 Å². The van der Waals surface area contributed by atoms with Gasteiger partial charge in [0, 0.05) is 12.1 Å². The van der Waals surface area contributed by atoms with Crippen molar-refractivity contribution in [2.45, 2.75) is 38.8 Å². The van der Waals surface area contributed by atoms with Crippen LogP contribution in [0.25, 0.3) is 0 Å². The first-order valence-corrected chi connectivity index (χ1v) is 6.69. The lowest BCUT2D eigenvalue weighted by Crippen LogP contribution is -2.47. The van der Waals surface area contributed by atoms with Crippen LogP contribution < -0.4 is 5.32 Å².